The molecule has 0 bridgehead atoms. The molecule has 2 rings (SSSR count). The second kappa shape index (κ2) is 8.89. The second-order valence-electron chi connectivity index (χ2n) is 5.08. The SMILES string of the molecule is CNC(=O)COc1ccc(C=CC(=O)c2ccc(Cl)cc2)cc1OC. The van der Waals surface area contributed by atoms with Crippen LogP contribution in [0.3, 0.4) is 0 Å². The lowest BCUT2D eigenvalue weighted by Crippen LogP contribution is -2.24. The molecule has 6 heteroatoms. The van der Waals surface area contributed by atoms with Crippen molar-refractivity contribution in [2.45, 2.75) is 0 Å². The number of ketones is 1. The molecule has 0 radical (unpaired) electrons. The number of nitrogens with one attached hydrogen (secondary N) is 1. The molecule has 0 aliphatic rings. The molecule has 1 N–H and O–H groups in total. The van der Waals surface area contributed by atoms with Crippen LogP contribution in [0, 0.1) is 0 Å². The van der Waals surface area contributed by atoms with E-state index in [0.717, 1.165) is 5.56 Å². The van der Waals surface area contributed by atoms with Gasteiger partial charge >= 0.3 is 0 Å². The van der Waals surface area contributed by atoms with Gasteiger partial charge in [-0.05, 0) is 48.0 Å². The van der Waals surface area contributed by atoms with Gasteiger partial charge in [-0.1, -0.05) is 23.7 Å². The molecular weight excluding hydrogens is 342 g/mol. The van der Waals surface area contributed by atoms with E-state index in [-0.39, 0.29) is 18.3 Å². The van der Waals surface area contributed by atoms with Crippen LogP contribution in [0.25, 0.3) is 6.08 Å². The molecule has 0 spiro atoms. The minimum atomic E-state index is -0.236. The van der Waals surface area contributed by atoms with E-state index >= 15 is 0 Å². The average Bonchev–Trinajstić information content (AvgIpc) is 2.64. The lowest BCUT2D eigenvalue weighted by atomic mass is 10.1. The summed E-state index contributed by atoms with van der Waals surface area (Å²) in [5.74, 6) is 0.562. The zero-order valence-corrected chi connectivity index (χ0v) is 14.7. The summed E-state index contributed by atoms with van der Waals surface area (Å²) in [6.45, 7) is -0.100. The molecule has 25 heavy (non-hydrogen) atoms. The van der Waals surface area contributed by atoms with Crippen molar-refractivity contribution in [3.8, 4) is 11.5 Å². The highest BCUT2D eigenvalue weighted by Gasteiger charge is 2.07. The largest absolute Gasteiger partial charge is 0.493 e. The predicted octanol–water partition coefficient (Wildman–Crippen LogP) is 3.37. The number of amides is 1. The Bertz CT molecular complexity index is 785. The monoisotopic (exact) mass is 359 g/mol. The number of halogens is 1. The summed E-state index contributed by atoms with van der Waals surface area (Å²) >= 11 is 5.81. The molecule has 0 unspecified atom stereocenters. The lowest BCUT2D eigenvalue weighted by Gasteiger charge is -2.10. The van der Waals surface area contributed by atoms with E-state index in [0.29, 0.717) is 22.1 Å². The van der Waals surface area contributed by atoms with Gasteiger partial charge in [0.15, 0.2) is 23.9 Å². The molecule has 0 atom stereocenters. The first-order valence-electron chi connectivity index (χ1n) is 7.53. The van der Waals surface area contributed by atoms with Crippen molar-refractivity contribution in [2.24, 2.45) is 0 Å². The Morgan fingerprint density at radius 2 is 1.84 bits per heavy atom. The van der Waals surface area contributed by atoms with Crippen LogP contribution in [0.2, 0.25) is 5.02 Å². The third-order valence-electron chi connectivity index (χ3n) is 3.38. The summed E-state index contributed by atoms with van der Waals surface area (Å²) in [5.41, 5.74) is 1.32. The van der Waals surface area contributed by atoms with E-state index in [1.165, 1.54) is 20.2 Å². The summed E-state index contributed by atoms with van der Waals surface area (Å²) < 4.78 is 10.7. The highest BCUT2D eigenvalue weighted by molar-refractivity contribution is 6.30. The molecule has 0 aliphatic heterocycles. The minimum Gasteiger partial charge on any atom is -0.493 e. The maximum Gasteiger partial charge on any atom is 0.257 e. The number of ether oxygens (including phenoxy) is 2. The smallest absolute Gasteiger partial charge is 0.257 e. The van der Waals surface area contributed by atoms with Crippen LogP contribution in [-0.4, -0.2) is 32.5 Å². The molecule has 2 aromatic carbocycles. The summed E-state index contributed by atoms with van der Waals surface area (Å²) in [6.07, 6.45) is 3.16. The fourth-order valence-corrected chi connectivity index (χ4v) is 2.13. The Morgan fingerprint density at radius 1 is 1.12 bits per heavy atom. The predicted molar refractivity (Wildman–Crippen MR) is 97.4 cm³/mol. The summed E-state index contributed by atoms with van der Waals surface area (Å²) in [5, 5.41) is 3.06. The Labute approximate surface area is 151 Å². The van der Waals surface area contributed by atoms with Gasteiger partial charge in [0.25, 0.3) is 5.91 Å². The maximum absolute atomic E-state index is 12.1. The van der Waals surface area contributed by atoms with E-state index in [1.807, 2.05) is 0 Å². The van der Waals surface area contributed by atoms with E-state index in [2.05, 4.69) is 5.32 Å². The van der Waals surface area contributed by atoms with E-state index in [9.17, 15) is 9.59 Å². The molecule has 2 aromatic rings. The molecule has 0 aromatic heterocycles. The number of hydrogen-bond acceptors (Lipinski definition) is 4. The second-order valence-corrected chi connectivity index (χ2v) is 5.51. The molecule has 0 aliphatic carbocycles. The number of allylic oxidation sites excluding steroid dienone is 1. The average molecular weight is 360 g/mol. The van der Waals surface area contributed by atoms with Crippen LogP contribution in [0.1, 0.15) is 15.9 Å². The van der Waals surface area contributed by atoms with E-state index < -0.39 is 0 Å². The van der Waals surface area contributed by atoms with Gasteiger partial charge in [0.2, 0.25) is 0 Å². The maximum atomic E-state index is 12.1. The topological polar surface area (TPSA) is 64.6 Å². The lowest BCUT2D eigenvalue weighted by molar-refractivity contribution is -0.122. The highest BCUT2D eigenvalue weighted by Crippen LogP contribution is 2.28. The standard InChI is InChI=1S/C19H18ClNO4/c1-21-19(23)12-25-17-10-4-13(11-18(17)24-2)3-9-16(22)14-5-7-15(20)8-6-14/h3-11H,12H2,1-2H3,(H,21,23). The minimum absolute atomic E-state index is 0.100. The number of likely N-dealkylation sites (N-methyl/N-ethyl adjacent to an activating group) is 1. The quantitative estimate of drug-likeness (QED) is 0.608. The molecule has 5 nitrogen and oxygen atoms in total. The van der Waals surface area contributed by atoms with Crippen molar-refractivity contribution in [3.63, 3.8) is 0 Å². The van der Waals surface area contributed by atoms with Crippen LogP contribution in [0.4, 0.5) is 0 Å². The Hall–Kier alpha value is -2.79. The van der Waals surface area contributed by atoms with Gasteiger partial charge in [0.05, 0.1) is 7.11 Å². The molecule has 1 amide bonds. The number of carbonyl (C=O) groups excluding carboxylic acids is 2. The fraction of sp³-hybridized carbons (Fsp3) is 0.158. The summed E-state index contributed by atoms with van der Waals surface area (Å²) in [6, 6.07) is 11.9. The molecular formula is C19H18ClNO4. The van der Waals surface area contributed by atoms with Gasteiger partial charge in [-0.3, -0.25) is 9.59 Å². The van der Waals surface area contributed by atoms with Crippen LogP contribution >= 0.6 is 11.6 Å². The molecule has 0 heterocycles. The van der Waals surface area contributed by atoms with Crippen LogP contribution in [-0.2, 0) is 4.79 Å². The van der Waals surface area contributed by atoms with Crippen molar-refractivity contribution in [3.05, 3.63) is 64.7 Å². The highest BCUT2D eigenvalue weighted by atomic mass is 35.5. The molecule has 0 fully saturated rings. The van der Waals surface area contributed by atoms with Gasteiger partial charge in [0.1, 0.15) is 0 Å². The van der Waals surface area contributed by atoms with E-state index in [4.69, 9.17) is 21.1 Å². The number of methoxy groups -OCH3 is 1. The van der Waals surface area contributed by atoms with Gasteiger partial charge < -0.3 is 14.8 Å². The fourth-order valence-electron chi connectivity index (χ4n) is 2.00. The Kier molecular flexibility index (Phi) is 6.60. The number of hydrogen-bond donors (Lipinski definition) is 1. The Balaban J connectivity index is 2.10. The van der Waals surface area contributed by atoms with Gasteiger partial charge in [0, 0.05) is 17.6 Å². The van der Waals surface area contributed by atoms with Crippen molar-refractivity contribution < 1.29 is 19.1 Å². The molecule has 0 saturated carbocycles. The van der Waals surface area contributed by atoms with Crippen LogP contribution < -0.4 is 14.8 Å². The van der Waals surface area contributed by atoms with Gasteiger partial charge in [-0.15, -0.1) is 0 Å². The van der Waals surface area contributed by atoms with Crippen molar-refractivity contribution in [2.75, 3.05) is 20.8 Å². The summed E-state index contributed by atoms with van der Waals surface area (Å²) in [4.78, 5) is 23.4. The van der Waals surface area contributed by atoms with Crippen molar-refractivity contribution >= 4 is 29.4 Å². The van der Waals surface area contributed by atoms with Crippen LogP contribution in [0.15, 0.2) is 48.5 Å². The van der Waals surface area contributed by atoms with Gasteiger partial charge in [-0.2, -0.15) is 0 Å². The van der Waals surface area contributed by atoms with E-state index in [1.54, 1.807) is 48.5 Å². The first kappa shape index (κ1) is 18.5. The zero-order chi connectivity index (χ0) is 18.2. The zero-order valence-electron chi connectivity index (χ0n) is 13.9. The third kappa shape index (κ3) is 5.36. The van der Waals surface area contributed by atoms with Crippen LogP contribution in [0.5, 0.6) is 11.5 Å². The van der Waals surface area contributed by atoms with Crippen molar-refractivity contribution in [1.82, 2.24) is 5.32 Å². The number of rotatable bonds is 7. The summed E-state index contributed by atoms with van der Waals surface area (Å²) in [7, 11) is 3.04. The molecule has 0 saturated heterocycles. The molecule has 130 valence electrons. The first-order chi connectivity index (χ1) is 12.0. The normalized spacial score (nSPS) is 10.5. The number of benzene rings is 2. The van der Waals surface area contributed by atoms with Crippen molar-refractivity contribution in [1.29, 1.82) is 0 Å². The number of carbonyl (C=O) groups is 2. The van der Waals surface area contributed by atoms with Gasteiger partial charge in [-0.25, -0.2) is 0 Å². The first-order valence-corrected chi connectivity index (χ1v) is 7.90. The Morgan fingerprint density at radius 3 is 2.48 bits per heavy atom. The third-order valence-corrected chi connectivity index (χ3v) is 3.63.